The monoisotopic (exact) mass is 285 g/mol. The second-order valence-corrected chi connectivity index (χ2v) is 4.72. The molecule has 4 N–H and O–H groups in total. The second-order valence-electron chi connectivity index (χ2n) is 4.72. The van der Waals surface area contributed by atoms with Crippen LogP contribution in [-0.2, 0) is 0 Å². The minimum absolute atomic E-state index is 0.155. The molecule has 1 aromatic carbocycles. The molecular formula is C15H19N5O. The number of para-hydroxylation sites is 1. The van der Waals surface area contributed by atoms with Gasteiger partial charge in [-0.05, 0) is 43.7 Å². The molecule has 21 heavy (non-hydrogen) atoms. The average Bonchev–Trinajstić information content (AvgIpc) is 2.50. The van der Waals surface area contributed by atoms with Gasteiger partial charge in [-0.1, -0.05) is 18.2 Å². The standard InChI is InChI=1S/C15H19N5O/c1-11-5-2-3-6-13(11)20(10-4-9-16)14-8-7-12(15(17)21)18-19-14/h2-3,5-8H,4,9-10,16H2,1H3,(H2,17,21). The first-order valence-corrected chi connectivity index (χ1v) is 6.80. The molecule has 0 spiro atoms. The van der Waals surface area contributed by atoms with Crippen molar-refractivity contribution in [2.75, 3.05) is 18.0 Å². The second kappa shape index (κ2) is 6.81. The van der Waals surface area contributed by atoms with Crippen LogP contribution in [-0.4, -0.2) is 29.2 Å². The Morgan fingerprint density at radius 2 is 1.95 bits per heavy atom. The van der Waals surface area contributed by atoms with E-state index in [2.05, 4.69) is 10.2 Å². The summed E-state index contributed by atoms with van der Waals surface area (Å²) < 4.78 is 0. The van der Waals surface area contributed by atoms with Crippen LogP contribution >= 0.6 is 0 Å². The van der Waals surface area contributed by atoms with Crippen molar-refractivity contribution >= 4 is 17.4 Å². The number of aryl methyl sites for hydroxylation is 1. The van der Waals surface area contributed by atoms with Gasteiger partial charge in [0.05, 0.1) is 0 Å². The molecule has 1 amide bonds. The van der Waals surface area contributed by atoms with Crippen LogP contribution in [0.5, 0.6) is 0 Å². The number of anilines is 2. The van der Waals surface area contributed by atoms with Gasteiger partial charge in [0.1, 0.15) is 0 Å². The summed E-state index contributed by atoms with van der Waals surface area (Å²) in [5, 5.41) is 7.97. The molecule has 1 aromatic heterocycles. The van der Waals surface area contributed by atoms with Gasteiger partial charge >= 0.3 is 0 Å². The van der Waals surface area contributed by atoms with Crippen LogP contribution in [0, 0.1) is 6.92 Å². The number of carbonyl (C=O) groups excluding carboxylic acids is 1. The van der Waals surface area contributed by atoms with E-state index in [0.29, 0.717) is 12.4 Å². The number of carbonyl (C=O) groups is 1. The van der Waals surface area contributed by atoms with E-state index in [0.717, 1.165) is 24.2 Å². The number of nitrogens with zero attached hydrogens (tertiary/aromatic N) is 3. The van der Waals surface area contributed by atoms with Crippen LogP contribution in [0.4, 0.5) is 11.5 Å². The smallest absolute Gasteiger partial charge is 0.269 e. The molecule has 2 rings (SSSR count). The highest BCUT2D eigenvalue weighted by Crippen LogP contribution is 2.26. The van der Waals surface area contributed by atoms with E-state index < -0.39 is 5.91 Å². The van der Waals surface area contributed by atoms with Gasteiger partial charge in [0, 0.05) is 12.2 Å². The van der Waals surface area contributed by atoms with Crippen molar-refractivity contribution in [2.45, 2.75) is 13.3 Å². The molecule has 0 aliphatic heterocycles. The maximum atomic E-state index is 11.1. The molecule has 6 heteroatoms. The molecule has 110 valence electrons. The fourth-order valence-electron chi connectivity index (χ4n) is 2.07. The first-order valence-electron chi connectivity index (χ1n) is 6.80. The Morgan fingerprint density at radius 3 is 2.52 bits per heavy atom. The first kappa shape index (κ1) is 14.9. The Hall–Kier alpha value is -2.47. The summed E-state index contributed by atoms with van der Waals surface area (Å²) in [7, 11) is 0. The van der Waals surface area contributed by atoms with Crippen molar-refractivity contribution in [3.05, 3.63) is 47.7 Å². The van der Waals surface area contributed by atoms with E-state index >= 15 is 0 Å². The van der Waals surface area contributed by atoms with Gasteiger partial charge in [-0.25, -0.2) is 0 Å². The van der Waals surface area contributed by atoms with Crippen LogP contribution in [0.15, 0.2) is 36.4 Å². The van der Waals surface area contributed by atoms with Gasteiger partial charge in [0.2, 0.25) is 0 Å². The van der Waals surface area contributed by atoms with E-state index in [-0.39, 0.29) is 5.69 Å². The molecule has 0 saturated heterocycles. The van der Waals surface area contributed by atoms with Crippen molar-refractivity contribution in [1.82, 2.24) is 10.2 Å². The van der Waals surface area contributed by atoms with Crippen molar-refractivity contribution in [1.29, 1.82) is 0 Å². The molecular weight excluding hydrogens is 266 g/mol. The lowest BCUT2D eigenvalue weighted by atomic mass is 10.1. The third-order valence-electron chi connectivity index (χ3n) is 3.17. The summed E-state index contributed by atoms with van der Waals surface area (Å²) in [5.41, 5.74) is 13.1. The van der Waals surface area contributed by atoms with Crippen LogP contribution < -0.4 is 16.4 Å². The van der Waals surface area contributed by atoms with Crippen LogP contribution in [0.3, 0.4) is 0 Å². The Balaban J connectivity index is 2.36. The summed E-state index contributed by atoms with van der Waals surface area (Å²) in [6, 6.07) is 11.4. The zero-order valence-corrected chi connectivity index (χ0v) is 12.0. The van der Waals surface area contributed by atoms with Crippen LogP contribution in [0.1, 0.15) is 22.5 Å². The van der Waals surface area contributed by atoms with Gasteiger partial charge in [-0.2, -0.15) is 0 Å². The van der Waals surface area contributed by atoms with E-state index in [1.807, 2.05) is 36.1 Å². The number of hydrogen-bond acceptors (Lipinski definition) is 5. The largest absolute Gasteiger partial charge is 0.364 e. The van der Waals surface area contributed by atoms with Gasteiger partial charge in [0.15, 0.2) is 11.5 Å². The SMILES string of the molecule is Cc1ccccc1N(CCCN)c1ccc(C(N)=O)nn1. The maximum absolute atomic E-state index is 11.1. The van der Waals surface area contributed by atoms with Gasteiger partial charge in [-0.15, -0.1) is 10.2 Å². The summed E-state index contributed by atoms with van der Waals surface area (Å²) in [4.78, 5) is 13.1. The zero-order chi connectivity index (χ0) is 15.2. The summed E-state index contributed by atoms with van der Waals surface area (Å²) in [6.45, 7) is 3.36. The molecule has 0 saturated carbocycles. The average molecular weight is 285 g/mol. The fourth-order valence-corrected chi connectivity index (χ4v) is 2.07. The minimum atomic E-state index is -0.585. The summed E-state index contributed by atoms with van der Waals surface area (Å²) >= 11 is 0. The van der Waals surface area contributed by atoms with Crippen molar-refractivity contribution in [2.24, 2.45) is 11.5 Å². The molecule has 6 nitrogen and oxygen atoms in total. The molecule has 0 bridgehead atoms. The Kier molecular flexibility index (Phi) is 4.84. The molecule has 0 unspecified atom stereocenters. The lowest BCUT2D eigenvalue weighted by molar-refractivity contribution is 0.0994. The van der Waals surface area contributed by atoms with Crippen molar-refractivity contribution in [3.8, 4) is 0 Å². The van der Waals surface area contributed by atoms with E-state index in [4.69, 9.17) is 11.5 Å². The number of rotatable bonds is 6. The van der Waals surface area contributed by atoms with E-state index in [9.17, 15) is 4.79 Å². The molecule has 1 heterocycles. The number of nitrogens with two attached hydrogens (primary N) is 2. The van der Waals surface area contributed by atoms with Crippen molar-refractivity contribution in [3.63, 3.8) is 0 Å². The maximum Gasteiger partial charge on any atom is 0.269 e. The number of aromatic nitrogens is 2. The summed E-state index contributed by atoms with van der Waals surface area (Å²) in [5.74, 6) is 0.0844. The zero-order valence-electron chi connectivity index (χ0n) is 12.0. The van der Waals surface area contributed by atoms with Crippen LogP contribution in [0.25, 0.3) is 0 Å². The molecule has 0 fully saturated rings. The third-order valence-corrected chi connectivity index (χ3v) is 3.17. The number of benzene rings is 1. The highest BCUT2D eigenvalue weighted by atomic mass is 16.1. The lowest BCUT2D eigenvalue weighted by Crippen LogP contribution is -2.23. The molecule has 0 atom stereocenters. The van der Waals surface area contributed by atoms with Gasteiger partial charge in [0.25, 0.3) is 5.91 Å². The topological polar surface area (TPSA) is 98.1 Å². The molecule has 2 aromatic rings. The quantitative estimate of drug-likeness (QED) is 0.835. The Labute approximate surface area is 123 Å². The predicted octanol–water partition coefficient (Wildman–Crippen LogP) is 1.37. The lowest BCUT2D eigenvalue weighted by Gasteiger charge is -2.24. The highest BCUT2D eigenvalue weighted by Gasteiger charge is 2.13. The molecule has 0 aliphatic rings. The minimum Gasteiger partial charge on any atom is -0.364 e. The fraction of sp³-hybridized carbons (Fsp3) is 0.267. The number of primary amides is 1. The predicted molar refractivity (Wildman–Crippen MR) is 82.4 cm³/mol. The van der Waals surface area contributed by atoms with Gasteiger partial charge < -0.3 is 16.4 Å². The number of hydrogen-bond donors (Lipinski definition) is 2. The highest BCUT2D eigenvalue weighted by molar-refractivity contribution is 5.90. The Bertz CT molecular complexity index is 612. The number of amides is 1. The van der Waals surface area contributed by atoms with E-state index in [1.165, 1.54) is 0 Å². The Morgan fingerprint density at radius 1 is 1.19 bits per heavy atom. The van der Waals surface area contributed by atoms with Gasteiger partial charge in [-0.3, -0.25) is 4.79 Å². The van der Waals surface area contributed by atoms with Crippen molar-refractivity contribution < 1.29 is 4.79 Å². The van der Waals surface area contributed by atoms with E-state index in [1.54, 1.807) is 12.1 Å². The molecule has 0 radical (unpaired) electrons. The first-order chi connectivity index (χ1) is 10.1. The summed E-state index contributed by atoms with van der Waals surface area (Å²) in [6.07, 6.45) is 0.827. The normalized spacial score (nSPS) is 10.4. The third kappa shape index (κ3) is 3.55. The molecule has 0 aliphatic carbocycles. The van der Waals surface area contributed by atoms with Crippen LogP contribution in [0.2, 0.25) is 0 Å².